The van der Waals surface area contributed by atoms with Crippen molar-refractivity contribution in [1.29, 1.82) is 0 Å². The highest BCUT2D eigenvalue weighted by Gasteiger charge is 2.18. The van der Waals surface area contributed by atoms with Crippen molar-refractivity contribution in [3.05, 3.63) is 114 Å². The number of thiazole rings is 1. The first-order chi connectivity index (χ1) is 17.7. The highest BCUT2D eigenvalue weighted by Crippen LogP contribution is 2.25. The Hall–Kier alpha value is -4.36. The number of carbonyl (C=O) groups excluding carboxylic acids is 1. The zero-order valence-corrected chi connectivity index (χ0v) is 20.3. The number of furan rings is 1. The molecule has 6 rings (SSSR count). The first-order valence-corrected chi connectivity index (χ1v) is 12.7. The molecule has 6 aromatic rings. The number of anilines is 1. The summed E-state index contributed by atoms with van der Waals surface area (Å²) in [5, 5.41) is 7.33. The molecule has 3 aromatic heterocycles. The first kappa shape index (κ1) is 22.1. The second-order valence-electron chi connectivity index (χ2n) is 8.58. The largest absolute Gasteiger partial charge is 0.467 e. The average Bonchev–Trinajstić information content (AvgIpc) is 3.66. The van der Waals surface area contributed by atoms with E-state index in [9.17, 15) is 4.79 Å². The Morgan fingerprint density at radius 1 is 0.972 bits per heavy atom. The Balaban J connectivity index is 1.23. The number of hydrogen-bond donors (Lipinski definition) is 1. The molecule has 0 unspecified atom stereocenters. The summed E-state index contributed by atoms with van der Waals surface area (Å²) in [5.74, 6) is 0.743. The van der Waals surface area contributed by atoms with E-state index in [1.54, 1.807) is 22.5 Å². The van der Waals surface area contributed by atoms with Gasteiger partial charge in [0.2, 0.25) is 0 Å². The maximum absolute atomic E-state index is 13.5. The van der Waals surface area contributed by atoms with E-state index in [1.165, 1.54) is 0 Å². The Morgan fingerprint density at radius 2 is 1.81 bits per heavy atom. The number of carbonyl (C=O) groups is 1. The lowest BCUT2D eigenvalue weighted by Crippen LogP contribution is -2.36. The average molecular weight is 493 g/mol. The normalized spacial score (nSPS) is 11.2. The van der Waals surface area contributed by atoms with Crippen molar-refractivity contribution >= 4 is 38.8 Å². The van der Waals surface area contributed by atoms with Crippen LogP contribution in [0, 0.1) is 0 Å². The third-order valence-electron chi connectivity index (χ3n) is 6.24. The lowest BCUT2D eigenvalue weighted by atomic mass is 10.1. The minimum atomic E-state index is -0.162. The first-order valence-electron chi connectivity index (χ1n) is 11.8. The summed E-state index contributed by atoms with van der Waals surface area (Å²) in [6.45, 7) is 0.915. The van der Waals surface area contributed by atoms with Gasteiger partial charge in [-0.2, -0.15) is 0 Å². The number of fused-ring (bicyclic) bond motifs is 2. The van der Waals surface area contributed by atoms with E-state index in [0.29, 0.717) is 19.5 Å². The van der Waals surface area contributed by atoms with Gasteiger partial charge in [0, 0.05) is 41.2 Å². The van der Waals surface area contributed by atoms with Gasteiger partial charge in [-0.05, 0) is 23.6 Å². The van der Waals surface area contributed by atoms with Crippen molar-refractivity contribution in [3.8, 4) is 11.3 Å². The van der Waals surface area contributed by atoms with Gasteiger partial charge in [0.25, 0.3) is 0 Å². The van der Waals surface area contributed by atoms with Crippen LogP contribution in [0.25, 0.3) is 27.0 Å². The van der Waals surface area contributed by atoms with E-state index in [1.807, 2.05) is 72.8 Å². The van der Waals surface area contributed by atoms with Crippen LogP contribution in [0.5, 0.6) is 0 Å². The number of urea groups is 1. The number of nitrogens with one attached hydrogen (secondary N) is 1. The van der Waals surface area contributed by atoms with E-state index in [-0.39, 0.29) is 6.03 Å². The molecule has 0 fully saturated rings. The molecule has 3 heterocycles. The molecule has 6 nitrogen and oxygen atoms in total. The molecule has 0 saturated carbocycles. The van der Waals surface area contributed by atoms with Crippen LogP contribution in [0.2, 0.25) is 0 Å². The van der Waals surface area contributed by atoms with Crippen molar-refractivity contribution < 1.29 is 9.21 Å². The molecule has 0 aliphatic rings. The van der Waals surface area contributed by atoms with Crippen molar-refractivity contribution in [1.82, 2.24) is 14.3 Å². The molecule has 0 atom stereocenters. The second kappa shape index (κ2) is 9.71. The van der Waals surface area contributed by atoms with Crippen LogP contribution in [0.3, 0.4) is 0 Å². The van der Waals surface area contributed by atoms with E-state index >= 15 is 0 Å². The van der Waals surface area contributed by atoms with Gasteiger partial charge in [0.15, 0.2) is 4.96 Å². The molecule has 0 spiro atoms. The Morgan fingerprint density at radius 3 is 2.67 bits per heavy atom. The third-order valence-corrected chi connectivity index (χ3v) is 7.12. The van der Waals surface area contributed by atoms with E-state index in [0.717, 1.165) is 44.1 Å². The molecule has 36 heavy (non-hydrogen) atoms. The van der Waals surface area contributed by atoms with E-state index in [2.05, 4.69) is 33.4 Å². The zero-order valence-electron chi connectivity index (χ0n) is 19.5. The summed E-state index contributed by atoms with van der Waals surface area (Å²) in [6, 6.07) is 27.7. The van der Waals surface area contributed by atoms with Gasteiger partial charge >= 0.3 is 6.03 Å². The number of nitrogens with zero attached hydrogens (tertiary/aromatic N) is 3. The minimum absolute atomic E-state index is 0.162. The van der Waals surface area contributed by atoms with Gasteiger partial charge in [-0.15, -0.1) is 11.3 Å². The van der Waals surface area contributed by atoms with Crippen molar-refractivity contribution in [2.24, 2.45) is 0 Å². The van der Waals surface area contributed by atoms with Crippen LogP contribution in [-0.2, 0) is 13.0 Å². The van der Waals surface area contributed by atoms with Gasteiger partial charge in [-0.1, -0.05) is 66.7 Å². The van der Waals surface area contributed by atoms with Gasteiger partial charge in [0.1, 0.15) is 5.76 Å². The van der Waals surface area contributed by atoms with E-state index < -0.39 is 0 Å². The monoisotopic (exact) mass is 492 g/mol. The lowest BCUT2D eigenvalue weighted by molar-refractivity contribution is 0.204. The summed E-state index contributed by atoms with van der Waals surface area (Å²) in [4.78, 5) is 21.0. The predicted octanol–water partition coefficient (Wildman–Crippen LogP) is 7.09. The van der Waals surface area contributed by atoms with Crippen molar-refractivity contribution in [3.63, 3.8) is 0 Å². The van der Waals surface area contributed by atoms with Crippen LogP contribution < -0.4 is 5.32 Å². The minimum Gasteiger partial charge on any atom is -0.467 e. The number of amides is 2. The van der Waals surface area contributed by atoms with Crippen LogP contribution in [0.1, 0.15) is 11.5 Å². The Kier molecular flexibility index (Phi) is 5.97. The maximum Gasteiger partial charge on any atom is 0.322 e. The molecule has 0 radical (unpaired) electrons. The van der Waals surface area contributed by atoms with Gasteiger partial charge in [-0.3, -0.25) is 4.40 Å². The van der Waals surface area contributed by atoms with Gasteiger partial charge in [0.05, 0.1) is 24.2 Å². The molecular formula is C29H24N4O2S. The molecule has 3 aromatic carbocycles. The zero-order chi connectivity index (χ0) is 24.3. The molecular weight excluding hydrogens is 468 g/mol. The molecule has 1 N–H and O–H groups in total. The number of rotatable bonds is 7. The number of imidazole rings is 1. The highest BCUT2D eigenvalue weighted by molar-refractivity contribution is 7.15. The lowest BCUT2D eigenvalue weighted by Gasteiger charge is -2.22. The molecule has 7 heteroatoms. The summed E-state index contributed by atoms with van der Waals surface area (Å²) in [5.41, 5.74) is 3.95. The standard InChI is InChI=1S/C29H24N4O2S/c34-28(30-26-14-6-11-21-8-4-5-13-25(21)26)32(18-24-12-7-17-35-24)16-15-23-20-36-29-31-27(19-33(23)29)22-9-2-1-3-10-22/h1-14,17,19-20H,15-16,18H2,(H,30,34). The number of aromatic nitrogens is 2. The van der Waals surface area contributed by atoms with Gasteiger partial charge in [-0.25, -0.2) is 9.78 Å². The number of hydrogen-bond acceptors (Lipinski definition) is 4. The van der Waals surface area contributed by atoms with Crippen LogP contribution >= 0.6 is 11.3 Å². The third kappa shape index (κ3) is 4.48. The van der Waals surface area contributed by atoms with Crippen LogP contribution in [-0.4, -0.2) is 26.9 Å². The molecule has 0 aliphatic carbocycles. The summed E-state index contributed by atoms with van der Waals surface area (Å²) in [7, 11) is 0. The van der Waals surface area contributed by atoms with Crippen LogP contribution in [0.4, 0.5) is 10.5 Å². The predicted molar refractivity (Wildman–Crippen MR) is 144 cm³/mol. The molecule has 0 bridgehead atoms. The SMILES string of the molecule is O=C(Nc1cccc2ccccc12)N(CCc1csc2nc(-c3ccccc3)cn12)Cc1ccco1. The fraction of sp³-hybridized carbons (Fsp3) is 0.103. The summed E-state index contributed by atoms with van der Waals surface area (Å²) >= 11 is 1.61. The second-order valence-corrected chi connectivity index (χ2v) is 9.42. The fourth-order valence-corrected chi connectivity index (χ4v) is 5.29. The summed E-state index contributed by atoms with van der Waals surface area (Å²) < 4.78 is 7.69. The quantitative estimate of drug-likeness (QED) is 0.259. The molecule has 0 aliphatic heterocycles. The van der Waals surface area contributed by atoms with Crippen molar-refractivity contribution in [2.75, 3.05) is 11.9 Å². The molecule has 0 saturated heterocycles. The Bertz CT molecular complexity index is 1610. The fourth-order valence-electron chi connectivity index (χ4n) is 4.38. The topological polar surface area (TPSA) is 62.8 Å². The Labute approximate surface area is 212 Å². The van der Waals surface area contributed by atoms with E-state index in [4.69, 9.17) is 9.40 Å². The van der Waals surface area contributed by atoms with Gasteiger partial charge < -0.3 is 14.6 Å². The maximum atomic E-state index is 13.5. The summed E-state index contributed by atoms with van der Waals surface area (Å²) in [6.07, 6.45) is 4.40. The molecule has 178 valence electrons. The van der Waals surface area contributed by atoms with Crippen LogP contribution in [0.15, 0.2) is 107 Å². The number of benzene rings is 3. The smallest absolute Gasteiger partial charge is 0.322 e. The van der Waals surface area contributed by atoms with Crippen molar-refractivity contribution in [2.45, 2.75) is 13.0 Å². The molecule has 2 amide bonds. The highest BCUT2D eigenvalue weighted by atomic mass is 32.1.